The third-order valence-electron chi connectivity index (χ3n) is 3.66. The number of nitrogens with zero attached hydrogens (tertiary/aromatic N) is 1. The van der Waals surface area contributed by atoms with Gasteiger partial charge in [0.05, 0.1) is 0 Å². The van der Waals surface area contributed by atoms with Gasteiger partial charge < -0.3 is 15.3 Å². The maximum absolute atomic E-state index is 12.4. The topological polar surface area (TPSA) is 69.6 Å². The lowest BCUT2D eigenvalue weighted by molar-refractivity contribution is -0.137. The summed E-state index contributed by atoms with van der Waals surface area (Å²) in [5.74, 6) is -0.180. The molecule has 124 valence electrons. The highest BCUT2D eigenvalue weighted by Crippen LogP contribution is 2.12. The maximum Gasteiger partial charge on any atom is 0.317 e. The van der Waals surface area contributed by atoms with Crippen molar-refractivity contribution >= 4 is 12.0 Å². The zero-order chi connectivity index (χ0) is 16.4. The molecule has 5 heteroatoms. The summed E-state index contributed by atoms with van der Waals surface area (Å²) in [5, 5.41) is 11.6. The minimum Gasteiger partial charge on any atom is -0.481 e. The first-order valence-electron chi connectivity index (χ1n) is 8.07. The quantitative estimate of drug-likeness (QED) is 0.650. The van der Waals surface area contributed by atoms with Crippen molar-refractivity contribution in [3.05, 3.63) is 0 Å². The highest BCUT2D eigenvalue weighted by molar-refractivity contribution is 5.74. The molecule has 0 saturated carbocycles. The summed E-state index contributed by atoms with van der Waals surface area (Å²) in [4.78, 5) is 24.8. The van der Waals surface area contributed by atoms with Gasteiger partial charge >= 0.3 is 12.0 Å². The number of rotatable bonds is 10. The Bertz CT molecular complexity index is 315. The van der Waals surface area contributed by atoms with Crippen molar-refractivity contribution in [2.75, 3.05) is 13.1 Å². The number of carboxylic acid groups (broad SMARTS) is 1. The Balaban J connectivity index is 4.42. The largest absolute Gasteiger partial charge is 0.481 e. The molecular weight excluding hydrogens is 268 g/mol. The number of carbonyl (C=O) groups is 2. The lowest BCUT2D eigenvalue weighted by Crippen LogP contribution is -2.48. The van der Waals surface area contributed by atoms with E-state index in [-0.39, 0.29) is 24.4 Å². The molecule has 1 unspecified atom stereocenters. The zero-order valence-corrected chi connectivity index (χ0v) is 14.2. The maximum atomic E-state index is 12.4. The van der Waals surface area contributed by atoms with Crippen LogP contribution in [0.15, 0.2) is 0 Å². The number of urea groups is 1. The van der Waals surface area contributed by atoms with E-state index in [4.69, 9.17) is 5.11 Å². The first kappa shape index (κ1) is 19.7. The van der Waals surface area contributed by atoms with Crippen molar-refractivity contribution < 1.29 is 14.7 Å². The third kappa shape index (κ3) is 8.58. The molecule has 0 radical (unpaired) electrons. The van der Waals surface area contributed by atoms with Gasteiger partial charge in [-0.1, -0.05) is 34.6 Å². The first-order valence-corrected chi connectivity index (χ1v) is 8.07. The van der Waals surface area contributed by atoms with E-state index in [2.05, 4.69) is 33.0 Å². The monoisotopic (exact) mass is 300 g/mol. The van der Waals surface area contributed by atoms with Crippen LogP contribution in [0.25, 0.3) is 0 Å². The molecular formula is C16H32N2O3. The van der Waals surface area contributed by atoms with Crippen LogP contribution in [0.2, 0.25) is 0 Å². The smallest absolute Gasteiger partial charge is 0.317 e. The van der Waals surface area contributed by atoms with Crippen LogP contribution in [0.5, 0.6) is 0 Å². The predicted molar refractivity (Wildman–Crippen MR) is 85.3 cm³/mol. The summed E-state index contributed by atoms with van der Waals surface area (Å²) in [6.07, 6.45) is 2.64. The average Bonchev–Trinajstić information content (AvgIpc) is 2.42. The molecule has 0 aromatic rings. The van der Waals surface area contributed by atoms with Gasteiger partial charge in [0.15, 0.2) is 0 Å². The van der Waals surface area contributed by atoms with E-state index < -0.39 is 5.97 Å². The average molecular weight is 300 g/mol. The minimum atomic E-state index is -0.786. The molecule has 0 aliphatic heterocycles. The Morgan fingerprint density at radius 1 is 1.14 bits per heavy atom. The Labute approximate surface area is 129 Å². The van der Waals surface area contributed by atoms with E-state index in [0.717, 1.165) is 19.4 Å². The molecule has 0 aliphatic carbocycles. The molecule has 0 saturated heterocycles. The molecule has 0 aromatic heterocycles. The van der Waals surface area contributed by atoms with E-state index in [0.29, 0.717) is 18.9 Å². The van der Waals surface area contributed by atoms with Gasteiger partial charge in [-0.05, 0) is 31.1 Å². The van der Waals surface area contributed by atoms with Crippen molar-refractivity contribution in [2.24, 2.45) is 11.8 Å². The molecule has 21 heavy (non-hydrogen) atoms. The zero-order valence-electron chi connectivity index (χ0n) is 14.2. The van der Waals surface area contributed by atoms with Gasteiger partial charge in [-0.3, -0.25) is 4.79 Å². The van der Waals surface area contributed by atoms with Crippen LogP contribution in [-0.2, 0) is 4.79 Å². The summed E-state index contributed by atoms with van der Waals surface area (Å²) < 4.78 is 0. The fourth-order valence-corrected chi connectivity index (χ4v) is 2.36. The first-order chi connectivity index (χ1) is 9.81. The highest BCUT2D eigenvalue weighted by Gasteiger charge is 2.22. The molecule has 0 aromatic carbocycles. The number of nitrogens with one attached hydrogen (secondary N) is 1. The molecule has 2 N–H and O–H groups in total. The van der Waals surface area contributed by atoms with E-state index in [9.17, 15) is 9.59 Å². The van der Waals surface area contributed by atoms with Gasteiger partial charge in [0.1, 0.15) is 0 Å². The molecule has 0 spiro atoms. The van der Waals surface area contributed by atoms with Crippen molar-refractivity contribution in [3.63, 3.8) is 0 Å². The summed E-state index contributed by atoms with van der Waals surface area (Å²) >= 11 is 0. The van der Waals surface area contributed by atoms with E-state index in [1.807, 2.05) is 11.8 Å². The number of hydrogen-bond acceptors (Lipinski definition) is 2. The number of aliphatic carboxylic acids is 1. The van der Waals surface area contributed by atoms with Crippen LogP contribution in [0.1, 0.15) is 60.3 Å². The van der Waals surface area contributed by atoms with E-state index >= 15 is 0 Å². The molecule has 0 rings (SSSR count). The summed E-state index contributed by atoms with van der Waals surface area (Å²) in [5.41, 5.74) is 0. The Morgan fingerprint density at radius 2 is 1.71 bits per heavy atom. The number of hydrogen-bond donors (Lipinski definition) is 2. The Morgan fingerprint density at radius 3 is 2.14 bits per heavy atom. The molecule has 0 bridgehead atoms. The highest BCUT2D eigenvalue weighted by atomic mass is 16.4. The summed E-state index contributed by atoms with van der Waals surface area (Å²) in [6.45, 7) is 11.7. The second-order valence-electron chi connectivity index (χ2n) is 6.24. The number of carbonyl (C=O) groups excluding carboxylic acids is 1. The molecule has 1 atom stereocenters. The SMILES string of the molecule is CCC(CC)N(CC(C)C)C(=O)NCC(C)CCC(=O)O. The summed E-state index contributed by atoms with van der Waals surface area (Å²) in [6, 6.07) is 0.237. The van der Waals surface area contributed by atoms with Crippen LogP contribution in [0.3, 0.4) is 0 Å². The van der Waals surface area contributed by atoms with Crippen molar-refractivity contribution in [3.8, 4) is 0 Å². The van der Waals surface area contributed by atoms with Gasteiger partial charge in [0.25, 0.3) is 0 Å². The van der Waals surface area contributed by atoms with Gasteiger partial charge in [0, 0.05) is 25.6 Å². The minimum absolute atomic E-state index is 0.0282. The van der Waals surface area contributed by atoms with Gasteiger partial charge in [-0.25, -0.2) is 4.79 Å². The fourth-order valence-electron chi connectivity index (χ4n) is 2.36. The Hall–Kier alpha value is -1.26. The summed E-state index contributed by atoms with van der Waals surface area (Å²) in [7, 11) is 0. The van der Waals surface area contributed by atoms with E-state index in [1.165, 1.54) is 0 Å². The van der Waals surface area contributed by atoms with E-state index in [1.54, 1.807) is 0 Å². The fraction of sp³-hybridized carbons (Fsp3) is 0.875. The third-order valence-corrected chi connectivity index (χ3v) is 3.66. The van der Waals surface area contributed by atoms with Crippen molar-refractivity contribution in [1.82, 2.24) is 10.2 Å². The van der Waals surface area contributed by atoms with Crippen LogP contribution < -0.4 is 5.32 Å². The van der Waals surface area contributed by atoms with Crippen LogP contribution >= 0.6 is 0 Å². The van der Waals surface area contributed by atoms with Gasteiger partial charge in [-0.15, -0.1) is 0 Å². The molecule has 5 nitrogen and oxygen atoms in total. The standard InChI is InChI=1S/C16H32N2O3/c1-6-14(7-2)18(11-12(3)4)16(21)17-10-13(5)8-9-15(19)20/h12-14H,6-11H2,1-5H3,(H,17,21)(H,19,20). The van der Waals surface area contributed by atoms with Crippen LogP contribution in [0, 0.1) is 11.8 Å². The van der Waals surface area contributed by atoms with Crippen molar-refractivity contribution in [2.45, 2.75) is 66.3 Å². The van der Waals surface area contributed by atoms with Crippen LogP contribution in [-0.4, -0.2) is 41.1 Å². The molecule has 0 aliphatic rings. The van der Waals surface area contributed by atoms with Gasteiger partial charge in [0.2, 0.25) is 0 Å². The molecule has 0 fully saturated rings. The number of amides is 2. The Kier molecular flexibility index (Phi) is 9.84. The normalized spacial score (nSPS) is 12.5. The van der Waals surface area contributed by atoms with Gasteiger partial charge in [-0.2, -0.15) is 0 Å². The molecule has 0 heterocycles. The van der Waals surface area contributed by atoms with Crippen molar-refractivity contribution in [1.29, 1.82) is 0 Å². The number of carboxylic acids is 1. The lowest BCUT2D eigenvalue weighted by atomic mass is 10.1. The predicted octanol–water partition coefficient (Wildman–Crippen LogP) is 3.34. The second-order valence-corrected chi connectivity index (χ2v) is 6.24. The lowest BCUT2D eigenvalue weighted by Gasteiger charge is -2.32. The molecule has 2 amide bonds. The second kappa shape index (κ2) is 10.5. The van der Waals surface area contributed by atoms with Crippen LogP contribution in [0.4, 0.5) is 4.79 Å².